The van der Waals surface area contributed by atoms with Gasteiger partial charge in [-0.1, -0.05) is 259 Å². The Hall–Kier alpha value is -1.18. The minimum Gasteiger partial charge on any atom is -0.481 e. The van der Waals surface area contributed by atoms with Gasteiger partial charge in [0.15, 0.2) is 0 Å². The molecule has 7 nitrogen and oxygen atoms in total. The van der Waals surface area contributed by atoms with Gasteiger partial charge >= 0.3 is 5.97 Å². The average molecular weight is 1000 g/mol. The largest absolute Gasteiger partial charge is 0.481 e. The van der Waals surface area contributed by atoms with Crippen LogP contribution in [-0.2, 0) is 9.59 Å². The number of rotatable bonds is 57. The number of nitrogens with zero attached hydrogens (tertiary/aromatic N) is 4. The van der Waals surface area contributed by atoms with E-state index in [4.69, 9.17) is 5.11 Å². The molecule has 0 bridgehead atoms. The molecule has 0 aromatic carbocycles. The fourth-order valence-electron chi connectivity index (χ4n) is 11.3. The monoisotopic (exact) mass is 1000 g/mol. The first-order chi connectivity index (χ1) is 34.9. The molecule has 1 heterocycles. The molecule has 7 heteroatoms. The number of carbonyl (C=O) groups is 2. The maximum absolute atomic E-state index is 14.1. The van der Waals surface area contributed by atoms with Crippen molar-refractivity contribution in [1.29, 1.82) is 0 Å². The standard InChI is InChI=1S/C64H128N4O3/c1-5-9-13-17-21-22-23-24-27-33-38-42-51-65(52-43-39-34-28-25-26-29-35-41-47-64(70)71)56-48-62-49-57-68(58-50-62)63(69)61-67(55-46-40-32-20-16-12-8-4)60-59-66(53-44-36-30-18-14-10-6-2)54-45-37-31-19-15-11-7-3/h62H,5-61H2,1-4H3,(H,70,71). The lowest BCUT2D eigenvalue weighted by molar-refractivity contribution is -0.137. The Morgan fingerprint density at radius 1 is 0.352 bits per heavy atom. The van der Waals surface area contributed by atoms with Gasteiger partial charge in [0.05, 0.1) is 6.54 Å². The third-order valence-electron chi connectivity index (χ3n) is 16.3. The lowest BCUT2D eigenvalue weighted by Crippen LogP contribution is -2.46. The number of aliphatic carboxylic acids is 1. The summed E-state index contributed by atoms with van der Waals surface area (Å²) in [7, 11) is 0. The molecular formula is C64H128N4O3. The van der Waals surface area contributed by atoms with Gasteiger partial charge in [-0.15, -0.1) is 0 Å². The van der Waals surface area contributed by atoms with E-state index in [9.17, 15) is 9.59 Å². The van der Waals surface area contributed by atoms with Crippen LogP contribution in [0.25, 0.3) is 0 Å². The van der Waals surface area contributed by atoms with Crippen LogP contribution < -0.4 is 0 Å². The summed E-state index contributed by atoms with van der Waals surface area (Å²) in [5.41, 5.74) is 0. The summed E-state index contributed by atoms with van der Waals surface area (Å²) in [6.07, 6.45) is 60.3. The zero-order chi connectivity index (χ0) is 51.3. The molecule has 422 valence electrons. The van der Waals surface area contributed by atoms with Crippen molar-refractivity contribution in [1.82, 2.24) is 19.6 Å². The highest BCUT2D eigenvalue weighted by atomic mass is 16.4. The number of amides is 1. The van der Waals surface area contributed by atoms with Crippen LogP contribution in [0.2, 0.25) is 0 Å². The Balaban J connectivity index is 2.70. The normalized spacial score (nSPS) is 13.5. The number of carbonyl (C=O) groups excluding carboxylic acids is 1. The third kappa shape index (κ3) is 45.9. The van der Waals surface area contributed by atoms with E-state index >= 15 is 0 Å². The molecule has 1 aliphatic rings. The summed E-state index contributed by atoms with van der Waals surface area (Å²) in [4.78, 5) is 35.3. The van der Waals surface area contributed by atoms with Crippen molar-refractivity contribution in [2.75, 3.05) is 72.0 Å². The summed E-state index contributed by atoms with van der Waals surface area (Å²) >= 11 is 0. The molecule has 1 saturated heterocycles. The molecule has 0 aromatic heterocycles. The van der Waals surface area contributed by atoms with Gasteiger partial charge in [0, 0.05) is 32.6 Å². The van der Waals surface area contributed by atoms with E-state index in [0.29, 0.717) is 18.9 Å². The maximum atomic E-state index is 14.1. The Morgan fingerprint density at radius 2 is 0.620 bits per heavy atom. The molecule has 0 spiro atoms. The number of piperidine rings is 1. The Bertz CT molecular complexity index is 1080. The summed E-state index contributed by atoms with van der Waals surface area (Å²) in [5.74, 6) is 0.481. The minimum absolute atomic E-state index is 0.325. The fraction of sp³-hybridized carbons (Fsp3) is 0.969. The highest BCUT2D eigenvalue weighted by Gasteiger charge is 2.25. The molecule has 1 amide bonds. The van der Waals surface area contributed by atoms with Crippen LogP contribution >= 0.6 is 0 Å². The van der Waals surface area contributed by atoms with Gasteiger partial charge in [-0.25, -0.2) is 0 Å². The Morgan fingerprint density at radius 3 is 0.944 bits per heavy atom. The predicted molar refractivity (Wildman–Crippen MR) is 312 cm³/mol. The van der Waals surface area contributed by atoms with Crippen molar-refractivity contribution in [3.8, 4) is 0 Å². The summed E-state index contributed by atoms with van der Waals surface area (Å²) in [6, 6.07) is 0. The van der Waals surface area contributed by atoms with Crippen molar-refractivity contribution in [3.63, 3.8) is 0 Å². The Labute approximate surface area is 445 Å². The van der Waals surface area contributed by atoms with Gasteiger partial charge in [-0.05, 0) is 103 Å². The number of hydrogen-bond donors (Lipinski definition) is 1. The van der Waals surface area contributed by atoms with Crippen LogP contribution in [0.1, 0.15) is 323 Å². The van der Waals surface area contributed by atoms with Crippen LogP contribution in [0, 0.1) is 5.92 Å². The highest BCUT2D eigenvalue weighted by molar-refractivity contribution is 5.78. The molecule has 71 heavy (non-hydrogen) atoms. The SMILES string of the molecule is CCCCCCCCCCCCCCN(CCCCCCCCCCCC(=O)O)CCC1CCN(C(=O)CN(CCCCCCCCC)CCN(CCCCCCCCC)CCCCCCCCC)CC1. The molecule has 1 N–H and O–H groups in total. The van der Waals surface area contributed by atoms with Crippen molar-refractivity contribution in [2.24, 2.45) is 5.92 Å². The first kappa shape index (κ1) is 67.8. The number of unbranched alkanes of at least 4 members (excludes halogenated alkanes) is 37. The van der Waals surface area contributed by atoms with Gasteiger partial charge in [0.1, 0.15) is 0 Å². The summed E-state index contributed by atoms with van der Waals surface area (Å²) in [6.45, 7) is 21.2. The van der Waals surface area contributed by atoms with Crippen molar-refractivity contribution < 1.29 is 14.7 Å². The smallest absolute Gasteiger partial charge is 0.303 e. The predicted octanol–water partition coefficient (Wildman–Crippen LogP) is 18.5. The van der Waals surface area contributed by atoms with Gasteiger partial charge in [-0.3, -0.25) is 14.5 Å². The molecule has 1 aliphatic heterocycles. The molecule has 0 aromatic rings. The summed E-state index contributed by atoms with van der Waals surface area (Å²) < 4.78 is 0. The van der Waals surface area contributed by atoms with Crippen LogP contribution in [-0.4, -0.2) is 109 Å². The van der Waals surface area contributed by atoms with Gasteiger partial charge in [0.25, 0.3) is 0 Å². The lowest BCUT2D eigenvalue weighted by Gasteiger charge is -2.35. The second-order valence-corrected chi connectivity index (χ2v) is 23.2. The van der Waals surface area contributed by atoms with E-state index < -0.39 is 5.97 Å². The highest BCUT2D eigenvalue weighted by Crippen LogP contribution is 2.23. The molecule has 0 atom stereocenters. The summed E-state index contributed by atoms with van der Waals surface area (Å²) in [5, 5.41) is 8.89. The van der Waals surface area contributed by atoms with Crippen LogP contribution in [0.3, 0.4) is 0 Å². The van der Waals surface area contributed by atoms with Crippen molar-refractivity contribution in [2.45, 2.75) is 323 Å². The van der Waals surface area contributed by atoms with Crippen LogP contribution in [0.5, 0.6) is 0 Å². The molecule has 1 fully saturated rings. The molecule has 0 unspecified atom stereocenters. The zero-order valence-electron chi connectivity index (χ0n) is 48.9. The van der Waals surface area contributed by atoms with Gasteiger partial charge in [0.2, 0.25) is 5.91 Å². The number of likely N-dealkylation sites (tertiary alicyclic amines) is 1. The molecular weight excluding hydrogens is 873 g/mol. The number of carboxylic acids is 1. The Kier molecular flexibility index (Phi) is 51.2. The van der Waals surface area contributed by atoms with E-state index in [1.807, 2.05) is 0 Å². The number of carboxylic acid groups (broad SMARTS) is 1. The first-order valence-corrected chi connectivity index (χ1v) is 32.6. The van der Waals surface area contributed by atoms with E-state index in [1.54, 1.807) is 0 Å². The maximum Gasteiger partial charge on any atom is 0.303 e. The van der Waals surface area contributed by atoms with Crippen LogP contribution in [0.15, 0.2) is 0 Å². The number of hydrogen-bond acceptors (Lipinski definition) is 5. The lowest BCUT2D eigenvalue weighted by atomic mass is 9.93. The molecule has 0 radical (unpaired) electrons. The van der Waals surface area contributed by atoms with E-state index in [0.717, 1.165) is 51.5 Å². The second kappa shape index (κ2) is 53.6. The average Bonchev–Trinajstić information content (AvgIpc) is 3.37. The molecule has 1 rings (SSSR count). The zero-order valence-corrected chi connectivity index (χ0v) is 48.9. The topological polar surface area (TPSA) is 67.3 Å². The second-order valence-electron chi connectivity index (χ2n) is 23.2. The van der Waals surface area contributed by atoms with Gasteiger partial charge < -0.3 is 19.8 Å². The fourth-order valence-corrected chi connectivity index (χ4v) is 11.3. The van der Waals surface area contributed by atoms with Crippen LogP contribution in [0.4, 0.5) is 0 Å². The van der Waals surface area contributed by atoms with Crippen molar-refractivity contribution >= 4 is 11.9 Å². The van der Waals surface area contributed by atoms with E-state index in [-0.39, 0.29) is 0 Å². The first-order valence-electron chi connectivity index (χ1n) is 32.6. The van der Waals surface area contributed by atoms with E-state index in [1.165, 1.54) is 309 Å². The molecule has 0 aliphatic carbocycles. The quantitative estimate of drug-likeness (QED) is 0.0613. The minimum atomic E-state index is -0.656. The van der Waals surface area contributed by atoms with Crippen molar-refractivity contribution in [3.05, 3.63) is 0 Å². The third-order valence-corrected chi connectivity index (χ3v) is 16.3. The molecule has 0 saturated carbocycles. The van der Waals surface area contributed by atoms with E-state index in [2.05, 4.69) is 47.3 Å². The van der Waals surface area contributed by atoms with Gasteiger partial charge in [-0.2, -0.15) is 0 Å².